The minimum atomic E-state index is -1.30. The Morgan fingerprint density at radius 3 is 2.94 bits per heavy atom. The number of H-pyrrole nitrogens is 1. The average molecular weight is 242 g/mol. The number of nitrogens with one attached hydrogen (secondary N) is 1. The lowest BCUT2D eigenvalue weighted by molar-refractivity contribution is -0.0346. The summed E-state index contributed by atoms with van der Waals surface area (Å²) in [5.41, 5.74) is -0.870. The van der Waals surface area contributed by atoms with E-state index in [4.69, 9.17) is 9.84 Å². The van der Waals surface area contributed by atoms with Crippen LogP contribution in [0, 0.1) is 6.92 Å². The van der Waals surface area contributed by atoms with Gasteiger partial charge in [0.2, 0.25) is 0 Å². The zero-order valence-corrected chi connectivity index (χ0v) is 9.01. The van der Waals surface area contributed by atoms with Crippen molar-refractivity contribution in [3.05, 3.63) is 44.5 Å². The molecule has 0 spiro atoms. The van der Waals surface area contributed by atoms with E-state index in [9.17, 15) is 14.0 Å². The van der Waals surface area contributed by atoms with Crippen molar-refractivity contribution < 1.29 is 14.2 Å². The van der Waals surface area contributed by atoms with Gasteiger partial charge in [-0.2, -0.15) is 0 Å². The van der Waals surface area contributed by atoms with E-state index in [0.717, 1.165) is 10.6 Å². The maximum absolute atomic E-state index is 13.2. The first-order valence-corrected chi connectivity index (χ1v) is 4.98. The fourth-order valence-electron chi connectivity index (χ4n) is 1.50. The molecule has 0 aliphatic carbocycles. The second-order valence-corrected chi connectivity index (χ2v) is 3.77. The Morgan fingerprint density at radius 2 is 2.29 bits per heavy atom. The fraction of sp³-hybridized carbons (Fsp3) is 0.400. The van der Waals surface area contributed by atoms with E-state index in [1.807, 2.05) is 0 Å². The van der Waals surface area contributed by atoms with Crippen molar-refractivity contribution in [2.75, 3.05) is 6.61 Å². The minimum Gasteiger partial charge on any atom is -0.384 e. The van der Waals surface area contributed by atoms with Crippen LogP contribution >= 0.6 is 0 Å². The maximum Gasteiger partial charge on any atom is 0.330 e. The van der Waals surface area contributed by atoms with Crippen molar-refractivity contribution in [2.45, 2.75) is 19.3 Å². The summed E-state index contributed by atoms with van der Waals surface area (Å²) in [7, 11) is 0. The molecule has 0 amide bonds. The van der Waals surface area contributed by atoms with Crippen molar-refractivity contribution >= 4 is 0 Å². The quantitative estimate of drug-likeness (QED) is 0.701. The lowest BCUT2D eigenvalue weighted by atomic mass is 10.2. The number of aliphatic hydroxyl groups excluding tert-OH is 1. The number of aryl methyl sites for hydroxylation is 1. The zero-order valence-electron chi connectivity index (χ0n) is 9.01. The van der Waals surface area contributed by atoms with E-state index in [0.29, 0.717) is 5.56 Å². The van der Waals surface area contributed by atoms with E-state index in [1.165, 1.54) is 13.1 Å². The normalized spacial score (nSPS) is 24.5. The highest BCUT2D eigenvalue weighted by molar-refractivity contribution is 5.08. The van der Waals surface area contributed by atoms with E-state index >= 15 is 0 Å². The van der Waals surface area contributed by atoms with Crippen LogP contribution in [0.3, 0.4) is 0 Å². The first-order valence-electron chi connectivity index (χ1n) is 4.98. The van der Waals surface area contributed by atoms with Gasteiger partial charge in [-0.25, -0.2) is 9.18 Å². The second kappa shape index (κ2) is 4.27. The van der Waals surface area contributed by atoms with E-state index in [2.05, 4.69) is 4.98 Å². The summed E-state index contributed by atoms with van der Waals surface area (Å²) in [6, 6.07) is 0. The number of rotatable bonds is 1. The molecule has 1 aromatic heterocycles. The molecule has 1 aromatic rings. The number of aromatic nitrogens is 2. The Bertz CT molecular complexity index is 574. The lowest BCUT2D eigenvalue weighted by Gasteiger charge is -2.23. The van der Waals surface area contributed by atoms with Gasteiger partial charge in [0, 0.05) is 11.8 Å². The number of hydrogen-bond donors (Lipinski definition) is 2. The molecule has 0 unspecified atom stereocenters. The molecule has 0 radical (unpaired) electrons. The van der Waals surface area contributed by atoms with Crippen LogP contribution in [0.15, 0.2) is 27.7 Å². The van der Waals surface area contributed by atoms with Crippen molar-refractivity contribution in [3.63, 3.8) is 0 Å². The molecule has 2 N–H and O–H groups in total. The first-order chi connectivity index (χ1) is 7.99. The monoisotopic (exact) mass is 242 g/mol. The number of aliphatic hydroxyl groups is 1. The van der Waals surface area contributed by atoms with Gasteiger partial charge >= 0.3 is 5.69 Å². The predicted molar refractivity (Wildman–Crippen MR) is 56.2 cm³/mol. The number of halogens is 1. The summed E-state index contributed by atoms with van der Waals surface area (Å²) in [5, 5.41) is 9.10. The van der Waals surface area contributed by atoms with Gasteiger partial charge in [0.25, 0.3) is 5.56 Å². The lowest BCUT2D eigenvalue weighted by Crippen LogP contribution is -2.36. The van der Waals surface area contributed by atoms with Gasteiger partial charge in [-0.3, -0.25) is 14.3 Å². The predicted octanol–water partition coefficient (Wildman–Crippen LogP) is -0.412. The molecule has 92 valence electrons. The Balaban J connectivity index is 2.46. The van der Waals surface area contributed by atoms with Crippen LogP contribution in [0.1, 0.15) is 11.8 Å². The van der Waals surface area contributed by atoms with Gasteiger partial charge in [0.1, 0.15) is 11.9 Å². The summed E-state index contributed by atoms with van der Waals surface area (Å²) in [6.07, 6.45) is 0.0212. The van der Waals surface area contributed by atoms with Gasteiger partial charge in [-0.1, -0.05) is 0 Å². The highest BCUT2D eigenvalue weighted by Crippen LogP contribution is 2.20. The van der Waals surface area contributed by atoms with Crippen LogP contribution in [0.4, 0.5) is 4.39 Å². The van der Waals surface area contributed by atoms with Gasteiger partial charge in [-0.05, 0) is 13.0 Å². The molecule has 0 saturated carbocycles. The largest absolute Gasteiger partial charge is 0.384 e. The fourth-order valence-corrected chi connectivity index (χ4v) is 1.50. The molecule has 17 heavy (non-hydrogen) atoms. The van der Waals surface area contributed by atoms with Gasteiger partial charge in [-0.15, -0.1) is 0 Å². The van der Waals surface area contributed by atoms with Gasteiger partial charge in [0.05, 0.1) is 6.61 Å². The molecule has 2 atom stereocenters. The van der Waals surface area contributed by atoms with E-state index in [1.54, 1.807) is 0 Å². The van der Waals surface area contributed by atoms with Crippen molar-refractivity contribution in [2.24, 2.45) is 0 Å². The SMILES string of the molecule is Cc1cn([C@@H]2C=C(F)[C@H](O)CO2)c(=O)[nH]c1=O. The zero-order chi connectivity index (χ0) is 12.6. The molecular weight excluding hydrogens is 231 g/mol. The van der Waals surface area contributed by atoms with E-state index in [-0.39, 0.29) is 6.61 Å². The van der Waals surface area contributed by atoms with Crippen LogP contribution in [-0.2, 0) is 4.74 Å². The number of nitrogens with zero attached hydrogens (tertiary/aromatic N) is 1. The number of ether oxygens (including phenoxy) is 1. The summed E-state index contributed by atoms with van der Waals surface area (Å²) in [5.74, 6) is -0.753. The smallest absolute Gasteiger partial charge is 0.330 e. The van der Waals surface area contributed by atoms with Crippen LogP contribution in [0.25, 0.3) is 0 Å². The van der Waals surface area contributed by atoms with Crippen LogP contribution < -0.4 is 11.2 Å². The molecule has 1 aliphatic rings. The highest BCUT2D eigenvalue weighted by Gasteiger charge is 2.23. The average Bonchev–Trinajstić information content (AvgIpc) is 2.27. The summed E-state index contributed by atoms with van der Waals surface area (Å²) >= 11 is 0. The molecule has 2 rings (SSSR count). The number of hydrogen-bond acceptors (Lipinski definition) is 4. The third-order valence-electron chi connectivity index (χ3n) is 2.47. The first kappa shape index (κ1) is 11.7. The van der Waals surface area contributed by atoms with Crippen LogP contribution in [0.2, 0.25) is 0 Å². The topological polar surface area (TPSA) is 84.3 Å². The molecule has 0 saturated heterocycles. The summed E-state index contributed by atoms with van der Waals surface area (Å²) in [6.45, 7) is 1.28. The third kappa shape index (κ3) is 2.20. The minimum absolute atomic E-state index is 0.238. The Hall–Kier alpha value is -1.73. The summed E-state index contributed by atoms with van der Waals surface area (Å²) in [4.78, 5) is 24.7. The number of aromatic amines is 1. The Labute approximate surface area is 95.0 Å². The molecule has 0 fully saturated rings. The maximum atomic E-state index is 13.2. The standard InChI is InChI=1S/C10H11FN2O4/c1-5-3-13(10(16)12-9(5)15)8-2-6(11)7(14)4-17-8/h2-3,7-8,14H,4H2,1H3,(H,12,15,16)/t7-,8+/m1/s1. The molecular formula is C10H11FN2O4. The Morgan fingerprint density at radius 1 is 1.59 bits per heavy atom. The molecule has 2 heterocycles. The molecule has 7 heteroatoms. The van der Waals surface area contributed by atoms with Crippen LogP contribution in [0.5, 0.6) is 0 Å². The van der Waals surface area contributed by atoms with Crippen molar-refractivity contribution in [1.29, 1.82) is 0 Å². The second-order valence-electron chi connectivity index (χ2n) is 3.77. The highest BCUT2D eigenvalue weighted by atomic mass is 19.1. The molecule has 1 aliphatic heterocycles. The van der Waals surface area contributed by atoms with Gasteiger partial charge in [0.15, 0.2) is 6.23 Å². The molecule has 0 bridgehead atoms. The van der Waals surface area contributed by atoms with Gasteiger partial charge < -0.3 is 9.84 Å². The summed E-state index contributed by atoms with van der Waals surface area (Å²) < 4.78 is 19.3. The molecule has 6 nitrogen and oxygen atoms in total. The third-order valence-corrected chi connectivity index (χ3v) is 2.47. The van der Waals surface area contributed by atoms with Crippen molar-refractivity contribution in [1.82, 2.24) is 9.55 Å². The Kier molecular flexibility index (Phi) is 2.95. The van der Waals surface area contributed by atoms with Crippen LogP contribution in [-0.4, -0.2) is 27.4 Å². The van der Waals surface area contributed by atoms with E-state index < -0.39 is 29.4 Å². The molecule has 0 aromatic carbocycles. The van der Waals surface area contributed by atoms with Crippen molar-refractivity contribution in [3.8, 4) is 0 Å².